The Balaban J connectivity index is 2.16. The first kappa shape index (κ1) is 22.8. The molecule has 31 heavy (non-hydrogen) atoms. The number of aryl methyl sites for hydroxylation is 1. The molecule has 1 aromatic heterocycles. The van der Waals surface area contributed by atoms with Crippen molar-refractivity contribution in [2.75, 3.05) is 0 Å². The topological polar surface area (TPSA) is 68.7 Å². The Labute approximate surface area is 178 Å². The number of ketones is 1. The molecule has 0 radical (unpaired) electrons. The van der Waals surface area contributed by atoms with Crippen LogP contribution in [-0.2, 0) is 16.0 Å². The summed E-state index contributed by atoms with van der Waals surface area (Å²) in [5, 5.41) is 10.8. The number of aliphatic hydroxyl groups excluding tert-OH is 1. The molecular formula is C23H24F3NO4. The second-order valence-electron chi connectivity index (χ2n) is 8.41. The summed E-state index contributed by atoms with van der Waals surface area (Å²) < 4.78 is 52.7. The fraction of sp³-hybridized carbons (Fsp3) is 0.391. The van der Waals surface area contributed by atoms with Crippen molar-refractivity contribution in [2.24, 2.45) is 0 Å². The average molecular weight is 435 g/mol. The zero-order chi connectivity index (χ0) is 23.3. The van der Waals surface area contributed by atoms with Gasteiger partial charge in [-0.1, -0.05) is 13.0 Å². The molecule has 0 spiro atoms. The minimum atomic E-state index is -1.48. The van der Waals surface area contributed by atoms with Gasteiger partial charge < -0.3 is 14.6 Å². The maximum atomic E-state index is 14.3. The summed E-state index contributed by atoms with van der Waals surface area (Å²) >= 11 is 0. The first-order chi connectivity index (χ1) is 14.3. The molecule has 0 amide bonds. The van der Waals surface area contributed by atoms with Gasteiger partial charge in [-0.15, -0.1) is 0 Å². The van der Waals surface area contributed by atoms with Gasteiger partial charge in [-0.25, -0.2) is 8.78 Å². The van der Waals surface area contributed by atoms with Gasteiger partial charge in [-0.2, -0.15) is 9.37 Å². The van der Waals surface area contributed by atoms with E-state index in [1.807, 2.05) is 6.92 Å². The number of aliphatic hydroxyl groups is 1. The molecule has 1 aromatic carbocycles. The molecule has 166 valence electrons. The number of Topliss-reactive ketones (excluding diaryl/α,β-unsaturated/α-hetero) is 1. The molecule has 0 aliphatic carbocycles. The smallest absolute Gasteiger partial charge is 0.259 e. The van der Waals surface area contributed by atoms with Gasteiger partial charge in [0.25, 0.3) is 11.8 Å². The summed E-state index contributed by atoms with van der Waals surface area (Å²) in [4.78, 5) is 16.3. The molecule has 5 nitrogen and oxygen atoms in total. The Bertz CT molecular complexity index is 1110. The highest BCUT2D eigenvalue weighted by atomic mass is 19.2. The lowest BCUT2D eigenvalue weighted by Gasteiger charge is -2.40. The molecule has 0 saturated carbocycles. The van der Waals surface area contributed by atoms with E-state index in [0.29, 0.717) is 12.0 Å². The maximum absolute atomic E-state index is 14.3. The molecule has 2 heterocycles. The third-order valence-corrected chi connectivity index (χ3v) is 5.26. The number of rotatable bonds is 4. The highest BCUT2D eigenvalue weighted by Crippen LogP contribution is 2.42. The second kappa shape index (κ2) is 7.67. The first-order valence-electron chi connectivity index (χ1n) is 9.81. The molecule has 1 N–H and O–H groups in total. The molecule has 0 fully saturated rings. The molecule has 0 bridgehead atoms. The van der Waals surface area contributed by atoms with E-state index in [0.717, 1.165) is 12.5 Å². The van der Waals surface area contributed by atoms with Gasteiger partial charge in [0.05, 0.1) is 5.57 Å². The van der Waals surface area contributed by atoms with Gasteiger partial charge >= 0.3 is 0 Å². The van der Waals surface area contributed by atoms with E-state index >= 15 is 0 Å². The van der Waals surface area contributed by atoms with E-state index in [9.17, 15) is 23.1 Å². The first-order valence-corrected chi connectivity index (χ1v) is 9.81. The lowest BCUT2D eigenvalue weighted by Crippen LogP contribution is -2.49. The minimum absolute atomic E-state index is 0.0409. The number of hydrogen-bond acceptors (Lipinski definition) is 5. The molecule has 1 aliphatic heterocycles. The second-order valence-corrected chi connectivity index (χ2v) is 8.41. The zero-order valence-electron chi connectivity index (χ0n) is 18.2. The normalized spacial score (nSPS) is 17.8. The highest BCUT2D eigenvalue weighted by Gasteiger charge is 2.47. The summed E-state index contributed by atoms with van der Waals surface area (Å²) in [5.74, 6) is -5.36. The van der Waals surface area contributed by atoms with E-state index < -0.39 is 46.0 Å². The number of aromatic nitrogens is 1. The Kier molecular flexibility index (Phi) is 5.65. The van der Waals surface area contributed by atoms with Gasteiger partial charge in [-0.05, 0) is 64.3 Å². The number of carbonyl (C=O) groups excluding carboxylic acids is 1. The SMILES string of the molecule is CCc1ccc(Oc2nc(F)c(F)c(C)c2F)cc1C1=C(O)C(C)(C)OC(C)(C)C1=O. The monoisotopic (exact) mass is 435 g/mol. The number of carbonyl (C=O) groups is 1. The fourth-order valence-corrected chi connectivity index (χ4v) is 3.63. The quantitative estimate of drug-likeness (QED) is 0.635. The fourth-order valence-electron chi connectivity index (χ4n) is 3.63. The van der Waals surface area contributed by atoms with Crippen molar-refractivity contribution in [1.82, 2.24) is 4.98 Å². The van der Waals surface area contributed by atoms with Gasteiger partial charge in [0.1, 0.15) is 22.7 Å². The maximum Gasteiger partial charge on any atom is 0.259 e. The Morgan fingerprint density at radius 2 is 1.74 bits per heavy atom. The largest absolute Gasteiger partial charge is 0.508 e. The van der Waals surface area contributed by atoms with E-state index in [2.05, 4.69) is 4.98 Å². The summed E-state index contributed by atoms with van der Waals surface area (Å²) in [5.41, 5.74) is -1.70. The van der Waals surface area contributed by atoms with Crippen LogP contribution in [0.15, 0.2) is 24.0 Å². The molecule has 2 aromatic rings. The van der Waals surface area contributed by atoms with E-state index in [-0.39, 0.29) is 17.1 Å². The van der Waals surface area contributed by atoms with Crippen molar-refractivity contribution in [3.8, 4) is 11.6 Å². The summed E-state index contributed by atoms with van der Waals surface area (Å²) in [6, 6.07) is 4.59. The number of ether oxygens (including phenoxy) is 2. The van der Waals surface area contributed by atoms with Crippen LogP contribution in [0.1, 0.15) is 51.3 Å². The Morgan fingerprint density at radius 1 is 1.10 bits per heavy atom. The third-order valence-electron chi connectivity index (χ3n) is 5.26. The predicted molar refractivity (Wildman–Crippen MR) is 109 cm³/mol. The van der Waals surface area contributed by atoms with Crippen LogP contribution in [0.5, 0.6) is 11.6 Å². The summed E-state index contributed by atoms with van der Waals surface area (Å²) in [6.45, 7) is 9.45. The minimum Gasteiger partial charge on any atom is -0.508 e. The molecule has 1 aliphatic rings. The van der Waals surface area contributed by atoms with Crippen LogP contribution in [0.3, 0.4) is 0 Å². The van der Waals surface area contributed by atoms with Crippen LogP contribution < -0.4 is 4.74 Å². The van der Waals surface area contributed by atoms with Crippen molar-refractivity contribution >= 4 is 11.4 Å². The van der Waals surface area contributed by atoms with Crippen molar-refractivity contribution in [1.29, 1.82) is 0 Å². The molecule has 0 unspecified atom stereocenters. The van der Waals surface area contributed by atoms with Crippen LogP contribution >= 0.6 is 0 Å². The van der Waals surface area contributed by atoms with Crippen LogP contribution in [0.2, 0.25) is 0 Å². The predicted octanol–water partition coefficient (Wildman–Crippen LogP) is 5.59. The molecular weight excluding hydrogens is 411 g/mol. The van der Waals surface area contributed by atoms with E-state index in [1.54, 1.807) is 33.8 Å². The lowest BCUT2D eigenvalue weighted by molar-refractivity contribution is -0.158. The average Bonchev–Trinajstić information content (AvgIpc) is 2.69. The molecule has 0 atom stereocenters. The van der Waals surface area contributed by atoms with Crippen LogP contribution in [0.4, 0.5) is 13.2 Å². The highest BCUT2D eigenvalue weighted by molar-refractivity contribution is 6.26. The van der Waals surface area contributed by atoms with Crippen LogP contribution in [-0.4, -0.2) is 27.1 Å². The van der Waals surface area contributed by atoms with Crippen molar-refractivity contribution in [3.63, 3.8) is 0 Å². The molecule has 0 saturated heterocycles. The van der Waals surface area contributed by atoms with Crippen LogP contribution in [0.25, 0.3) is 5.57 Å². The van der Waals surface area contributed by atoms with E-state index in [4.69, 9.17) is 9.47 Å². The van der Waals surface area contributed by atoms with Crippen molar-refractivity contribution in [2.45, 2.75) is 59.2 Å². The zero-order valence-corrected chi connectivity index (χ0v) is 18.2. The number of nitrogens with zero attached hydrogens (tertiary/aromatic N) is 1. The Morgan fingerprint density at radius 3 is 2.35 bits per heavy atom. The number of pyridine rings is 1. The number of halogens is 3. The standard InChI is InChI=1S/C23H24F3NO4/c1-7-12-8-9-13(30-21-17(25)11(2)16(24)20(26)27-21)10-14(12)15-18(28)22(3,4)31-23(5,6)19(15)29/h8-10,28H,7H2,1-6H3. The van der Waals surface area contributed by atoms with Crippen molar-refractivity contribution < 1.29 is 32.5 Å². The molecule has 8 heteroatoms. The third kappa shape index (κ3) is 3.92. The van der Waals surface area contributed by atoms with E-state index in [1.165, 1.54) is 12.1 Å². The number of benzene rings is 1. The lowest BCUT2D eigenvalue weighted by atomic mass is 9.81. The van der Waals surface area contributed by atoms with Gasteiger partial charge in [-0.3, -0.25) is 4.79 Å². The van der Waals surface area contributed by atoms with Gasteiger partial charge in [0.15, 0.2) is 17.4 Å². The van der Waals surface area contributed by atoms with Crippen LogP contribution in [0, 0.1) is 24.5 Å². The molecule has 3 rings (SSSR count). The summed E-state index contributed by atoms with van der Waals surface area (Å²) in [6.07, 6.45) is 0.526. The Hall–Kier alpha value is -2.87. The van der Waals surface area contributed by atoms with Gasteiger partial charge in [0, 0.05) is 5.56 Å². The summed E-state index contributed by atoms with van der Waals surface area (Å²) in [7, 11) is 0. The number of hydrogen-bond donors (Lipinski definition) is 1. The van der Waals surface area contributed by atoms with Crippen molar-refractivity contribution in [3.05, 3.63) is 58.2 Å². The van der Waals surface area contributed by atoms with Gasteiger partial charge in [0.2, 0.25) is 0 Å².